The lowest BCUT2D eigenvalue weighted by Gasteiger charge is -2.30. The third-order valence-corrected chi connectivity index (χ3v) is 4.22. The van der Waals surface area contributed by atoms with Crippen LogP contribution in [0, 0.1) is 5.92 Å². The molecule has 0 N–H and O–H groups in total. The molecule has 4 heteroatoms. The first-order valence-electron chi connectivity index (χ1n) is 6.84. The van der Waals surface area contributed by atoms with Gasteiger partial charge in [-0.25, -0.2) is 0 Å². The molecule has 0 aromatic carbocycles. The van der Waals surface area contributed by atoms with Gasteiger partial charge in [0.15, 0.2) is 0 Å². The van der Waals surface area contributed by atoms with Crippen LogP contribution in [0.3, 0.4) is 0 Å². The standard InChI is InChI=1S/C13H22N4/c1-10-5-7-17-12(8-10)14-15-13(17)11-4-3-6-16(2)9-11/h10-11H,3-9H2,1-2H3. The number of fused-ring (bicyclic) bond motifs is 1. The number of hydrogen-bond donors (Lipinski definition) is 0. The van der Waals surface area contributed by atoms with Crippen LogP contribution in [0.1, 0.15) is 43.8 Å². The van der Waals surface area contributed by atoms with Crippen LogP contribution in [0.2, 0.25) is 0 Å². The van der Waals surface area contributed by atoms with E-state index < -0.39 is 0 Å². The van der Waals surface area contributed by atoms with Gasteiger partial charge < -0.3 is 9.47 Å². The largest absolute Gasteiger partial charge is 0.315 e. The number of aromatic nitrogens is 3. The highest BCUT2D eigenvalue weighted by Gasteiger charge is 2.27. The van der Waals surface area contributed by atoms with E-state index in [-0.39, 0.29) is 0 Å². The minimum Gasteiger partial charge on any atom is -0.315 e. The van der Waals surface area contributed by atoms with Crippen LogP contribution in [0.15, 0.2) is 0 Å². The normalized spacial score (nSPS) is 30.2. The van der Waals surface area contributed by atoms with Crippen LogP contribution in [-0.4, -0.2) is 39.8 Å². The molecule has 2 unspecified atom stereocenters. The molecule has 0 spiro atoms. The molecule has 0 aliphatic carbocycles. The highest BCUT2D eigenvalue weighted by molar-refractivity contribution is 5.06. The summed E-state index contributed by atoms with van der Waals surface area (Å²) in [5.41, 5.74) is 0. The van der Waals surface area contributed by atoms with Gasteiger partial charge in [0.1, 0.15) is 11.6 Å². The average molecular weight is 234 g/mol. The van der Waals surface area contributed by atoms with E-state index in [4.69, 9.17) is 0 Å². The maximum absolute atomic E-state index is 4.48. The van der Waals surface area contributed by atoms with Crippen molar-refractivity contribution in [1.82, 2.24) is 19.7 Å². The zero-order chi connectivity index (χ0) is 11.8. The van der Waals surface area contributed by atoms with E-state index in [1.54, 1.807) is 0 Å². The fraction of sp³-hybridized carbons (Fsp3) is 0.846. The van der Waals surface area contributed by atoms with Gasteiger partial charge in [0.05, 0.1) is 0 Å². The summed E-state index contributed by atoms with van der Waals surface area (Å²) < 4.78 is 2.39. The first-order chi connectivity index (χ1) is 8.24. The van der Waals surface area contributed by atoms with Gasteiger partial charge in [-0.3, -0.25) is 0 Å². The van der Waals surface area contributed by atoms with Gasteiger partial charge in [0, 0.05) is 25.4 Å². The molecule has 4 nitrogen and oxygen atoms in total. The van der Waals surface area contributed by atoms with Gasteiger partial charge in [-0.15, -0.1) is 10.2 Å². The molecule has 94 valence electrons. The number of likely N-dealkylation sites (N-methyl/N-ethyl adjacent to an activating group) is 1. The van der Waals surface area contributed by atoms with E-state index in [2.05, 4.69) is 33.6 Å². The average Bonchev–Trinajstić information content (AvgIpc) is 2.71. The van der Waals surface area contributed by atoms with Gasteiger partial charge >= 0.3 is 0 Å². The Morgan fingerprint density at radius 2 is 2.06 bits per heavy atom. The summed E-state index contributed by atoms with van der Waals surface area (Å²) in [6.45, 7) is 5.81. The van der Waals surface area contributed by atoms with Crippen molar-refractivity contribution in [1.29, 1.82) is 0 Å². The van der Waals surface area contributed by atoms with E-state index in [9.17, 15) is 0 Å². The van der Waals surface area contributed by atoms with E-state index in [0.29, 0.717) is 5.92 Å². The Labute approximate surface area is 103 Å². The summed E-state index contributed by atoms with van der Waals surface area (Å²) in [5, 5.41) is 8.88. The van der Waals surface area contributed by atoms with Crippen LogP contribution < -0.4 is 0 Å². The summed E-state index contributed by atoms with van der Waals surface area (Å²) in [7, 11) is 2.21. The monoisotopic (exact) mass is 234 g/mol. The summed E-state index contributed by atoms with van der Waals surface area (Å²) in [5.74, 6) is 3.84. The number of hydrogen-bond acceptors (Lipinski definition) is 3. The fourth-order valence-electron chi connectivity index (χ4n) is 3.19. The Balaban J connectivity index is 1.84. The molecular formula is C13H22N4. The Morgan fingerprint density at radius 1 is 1.18 bits per heavy atom. The molecule has 17 heavy (non-hydrogen) atoms. The molecule has 2 atom stereocenters. The SMILES string of the molecule is CC1CCn2c(nnc2C2CCCN(C)C2)C1. The molecule has 0 radical (unpaired) electrons. The predicted octanol–water partition coefficient (Wildman–Crippen LogP) is 1.67. The lowest BCUT2D eigenvalue weighted by molar-refractivity contribution is 0.240. The zero-order valence-electron chi connectivity index (χ0n) is 10.9. The van der Waals surface area contributed by atoms with E-state index >= 15 is 0 Å². The van der Waals surface area contributed by atoms with Gasteiger partial charge in [-0.1, -0.05) is 6.92 Å². The molecule has 3 heterocycles. The molecule has 2 aliphatic rings. The van der Waals surface area contributed by atoms with Gasteiger partial charge in [-0.05, 0) is 38.8 Å². The van der Waals surface area contributed by atoms with Crippen LogP contribution in [0.4, 0.5) is 0 Å². The number of piperidine rings is 1. The number of likely N-dealkylation sites (tertiary alicyclic amines) is 1. The van der Waals surface area contributed by atoms with Crippen LogP contribution in [0.5, 0.6) is 0 Å². The Morgan fingerprint density at radius 3 is 2.88 bits per heavy atom. The highest BCUT2D eigenvalue weighted by Crippen LogP contribution is 2.28. The third-order valence-electron chi connectivity index (χ3n) is 4.22. The quantitative estimate of drug-likeness (QED) is 0.741. The lowest BCUT2D eigenvalue weighted by Crippen LogP contribution is -2.32. The van der Waals surface area contributed by atoms with Crippen molar-refractivity contribution in [3.05, 3.63) is 11.6 Å². The van der Waals surface area contributed by atoms with E-state index in [1.807, 2.05) is 0 Å². The van der Waals surface area contributed by atoms with Crippen molar-refractivity contribution >= 4 is 0 Å². The van der Waals surface area contributed by atoms with Gasteiger partial charge in [-0.2, -0.15) is 0 Å². The maximum atomic E-state index is 4.48. The second kappa shape index (κ2) is 4.41. The smallest absolute Gasteiger partial charge is 0.137 e. The molecule has 1 aromatic heterocycles. The first kappa shape index (κ1) is 11.2. The Bertz CT molecular complexity index is 398. The van der Waals surface area contributed by atoms with Crippen LogP contribution in [-0.2, 0) is 13.0 Å². The molecular weight excluding hydrogens is 212 g/mol. The lowest BCUT2D eigenvalue weighted by atomic mass is 9.96. The predicted molar refractivity (Wildman–Crippen MR) is 67.0 cm³/mol. The fourth-order valence-corrected chi connectivity index (χ4v) is 3.19. The molecule has 2 aliphatic heterocycles. The summed E-state index contributed by atoms with van der Waals surface area (Å²) in [6.07, 6.45) is 4.95. The van der Waals surface area contributed by atoms with E-state index in [1.165, 1.54) is 37.5 Å². The summed E-state index contributed by atoms with van der Waals surface area (Å²) >= 11 is 0. The van der Waals surface area contributed by atoms with Crippen LogP contribution in [0.25, 0.3) is 0 Å². The number of rotatable bonds is 1. The van der Waals surface area contributed by atoms with Crippen molar-refractivity contribution in [2.45, 2.75) is 45.1 Å². The van der Waals surface area contributed by atoms with Gasteiger partial charge in [0.25, 0.3) is 0 Å². The molecule has 1 aromatic rings. The molecule has 1 saturated heterocycles. The van der Waals surface area contributed by atoms with Crippen molar-refractivity contribution in [3.63, 3.8) is 0 Å². The van der Waals surface area contributed by atoms with Gasteiger partial charge in [0.2, 0.25) is 0 Å². The summed E-state index contributed by atoms with van der Waals surface area (Å²) in [6, 6.07) is 0. The summed E-state index contributed by atoms with van der Waals surface area (Å²) in [4.78, 5) is 2.42. The second-order valence-corrected chi connectivity index (χ2v) is 5.83. The highest BCUT2D eigenvalue weighted by atomic mass is 15.3. The van der Waals surface area contributed by atoms with Crippen molar-refractivity contribution < 1.29 is 0 Å². The van der Waals surface area contributed by atoms with Crippen molar-refractivity contribution in [3.8, 4) is 0 Å². The zero-order valence-corrected chi connectivity index (χ0v) is 10.9. The molecule has 3 rings (SSSR count). The molecule has 0 saturated carbocycles. The first-order valence-corrected chi connectivity index (χ1v) is 6.84. The third kappa shape index (κ3) is 2.10. The second-order valence-electron chi connectivity index (χ2n) is 5.83. The van der Waals surface area contributed by atoms with Crippen molar-refractivity contribution in [2.75, 3.05) is 20.1 Å². The van der Waals surface area contributed by atoms with E-state index in [0.717, 1.165) is 25.4 Å². The Hall–Kier alpha value is -0.900. The van der Waals surface area contributed by atoms with Crippen molar-refractivity contribution in [2.24, 2.45) is 5.92 Å². The maximum Gasteiger partial charge on any atom is 0.137 e. The van der Waals surface area contributed by atoms with Crippen LogP contribution >= 0.6 is 0 Å². The minimum absolute atomic E-state index is 0.600. The molecule has 0 amide bonds. The number of nitrogens with zero attached hydrogens (tertiary/aromatic N) is 4. The Kier molecular flexibility index (Phi) is 2.90. The minimum atomic E-state index is 0.600. The topological polar surface area (TPSA) is 34.0 Å². The molecule has 0 bridgehead atoms. The molecule has 1 fully saturated rings.